The van der Waals surface area contributed by atoms with Gasteiger partial charge in [-0.05, 0) is 22.8 Å². The molecule has 86 valence electrons. The van der Waals surface area contributed by atoms with Gasteiger partial charge in [0.15, 0.2) is 0 Å². The average molecular weight is 228 g/mol. The summed E-state index contributed by atoms with van der Waals surface area (Å²) >= 11 is 0. The Bertz CT molecular complexity index is 532. The normalized spacial score (nSPS) is 10.2. The highest BCUT2D eigenvalue weighted by molar-refractivity contribution is 5.91. The Morgan fingerprint density at radius 3 is 2.29 bits per heavy atom. The molecule has 0 aliphatic carbocycles. The van der Waals surface area contributed by atoms with Gasteiger partial charge >= 0.3 is 5.97 Å². The molecule has 0 unspecified atom stereocenters. The Hall–Kier alpha value is -2.13. The van der Waals surface area contributed by atoms with Gasteiger partial charge in [-0.1, -0.05) is 42.5 Å². The number of carboxylic acid groups (broad SMARTS) is 1. The van der Waals surface area contributed by atoms with E-state index in [2.05, 4.69) is 0 Å². The summed E-state index contributed by atoms with van der Waals surface area (Å²) in [4.78, 5) is 11.1. The molecule has 0 radical (unpaired) electrons. The van der Waals surface area contributed by atoms with Gasteiger partial charge < -0.3 is 10.2 Å². The molecule has 0 aliphatic heterocycles. The monoisotopic (exact) mass is 228 g/mol. The Morgan fingerprint density at radius 1 is 1.00 bits per heavy atom. The van der Waals surface area contributed by atoms with Crippen LogP contribution in [0.2, 0.25) is 0 Å². The number of benzene rings is 2. The van der Waals surface area contributed by atoms with Crippen LogP contribution in [0, 0.1) is 0 Å². The fraction of sp³-hybridized carbons (Fsp3) is 0.0714. The third-order valence-corrected chi connectivity index (χ3v) is 2.62. The molecule has 0 atom stereocenters. The zero-order chi connectivity index (χ0) is 12.3. The molecule has 0 saturated carbocycles. The van der Waals surface area contributed by atoms with Gasteiger partial charge in [-0.3, -0.25) is 0 Å². The standard InChI is InChI=1S/C14H12O3/c15-9-12-7-6-11(8-13(12)14(16)17)10-4-2-1-3-5-10/h1-8,15H,9H2,(H,16,17). The van der Waals surface area contributed by atoms with Crippen LogP contribution in [0.1, 0.15) is 15.9 Å². The molecule has 0 aliphatic rings. The van der Waals surface area contributed by atoms with Gasteiger partial charge in [0.2, 0.25) is 0 Å². The topological polar surface area (TPSA) is 57.5 Å². The third-order valence-electron chi connectivity index (χ3n) is 2.62. The van der Waals surface area contributed by atoms with Crippen molar-refractivity contribution in [2.45, 2.75) is 6.61 Å². The smallest absolute Gasteiger partial charge is 0.336 e. The van der Waals surface area contributed by atoms with Gasteiger partial charge in [-0.2, -0.15) is 0 Å². The SMILES string of the molecule is O=C(O)c1cc(-c2ccccc2)ccc1CO. The minimum absolute atomic E-state index is 0.147. The number of aliphatic hydroxyl groups is 1. The largest absolute Gasteiger partial charge is 0.478 e. The molecule has 2 aromatic rings. The van der Waals surface area contributed by atoms with E-state index < -0.39 is 5.97 Å². The average Bonchev–Trinajstić information content (AvgIpc) is 2.39. The van der Waals surface area contributed by atoms with E-state index in [9.17, 15) is 4.79 Å². The number of aliphatic hydroxyl groups excluding tert-OH is 1. The maximum Gasteiger partial charge on any atom is 0.336 e. The molecule has 2 aromatic carbocycles. The highest BCUT2D eigenvalue weighted by atomic mass is 16.4. The van der Waals surface area contributed by atoms with Crippen molar-refractivity contribution in [2.24, 2.45) is 0 Å². The van der Waals surface area contributed by atoms with E-state index in [-0.39, 0.29) is 12.2 Å². The van der Waals surface area contributed by atoms with Crippen LogP contribution in [0.25, 0.3) is 11.1 Å². The molecule has 0 aromatic heterocycles. The minimum Gasteiger partial charge on any atom is -0.478 e. The van der Waals surface area contributed by atoms with Gasteiger partial charge in [0.25, 0.3) is 0 Å². The highest BCUT2D eigenvalue weighted by Gasteiger charge is 2.10. The maximum absolute atomic E-state index is 11.1. The van der Waals surface area contributed by atoms with E-state index in [0.29, 0.717) is 5.56 Å². The van der Waals surface area contributed by atoms with E-state index in [1.165, 1.54) is 0 Å². The second-order valence-corrected chi connectivity index (χ2v) is 3.70. The second-order valence-electron chi connectivity index (χ2n) is 3.70. The summed E-state index contributed by atoms with van der Waals surface area (Å²) in [7, 11) is 0. The molecule has 0 amide bonds. The fourth-order valence-corrected chi connectivity index (χ4v) is 1.72. The van der Waals surface area contributed by atoms with E-state index >= 15 is 0 Å². The lowest BCUT2D eigenvalue weighted by Gasteiger charge is -2.07. The van der Waals surface area contributed by atoms with E-state index in [4.69, 9.17) is 10.2 Å². The summed E-state index contributed by atoms with van der Waals surface area (Å²) in [5, 5.41) is 18.1. The molecule has 3 nitrogen and oxygen atoms in total. The zero-order valence-corrected chi connectivity index (χ0v) is 9.13. The lowest BCUT2D eigenvalue weighted by Crippen LogP contribution is -2.02. The molecular weight excluding hydrogens is 216 g/mol. The Labute approximate surface area is 99.0 Å². The first-order valence-electron chi connectivity index (χ1n) is 5.25. The number of aromatic carboxylic acids is 1. The Morgan fingerprint density at radius 2 is 1.71 bits per heavy atom. The summed E-state index contributed by atoms with van der Waals surface area (Å²) in [6.07, 6.45) is 0. The Balaban J connectivity index is 2.51. The van der Waals surface area contributed by atoms with Crippen LogP contribution in [-0.4, -0.2) is 16.2 Å². The van der Waals surface area contributed by atoms with Crippen molar-refractivity contribution >= 4 is 5.97 Å². The predicted molar refractivity (Wildman–Crippen MR) is 64.8 cm³/mol. The summed E-state index contributed by atoms with van der Waals surface area (Å²) in [6, 6.07) is 14.6. The fourth-order valence-electron chi connectivity index (χ4n) is 1.72. The van der Waals surface area contributed by atoms with Crippen molar-refractivity contribution in [1.29, 1.82) is 0 Å². The first-order valence-corrected chi connectivity index (χ1v) is 5.25. The number of carboxylic acids is 1. The van der Waals surface area contributed by atoms with Crippen LogP contribution in [0.15, 0.2) is 48.5 Å². The van der Waals surface area contributed by atoms with Crippen molar-refractivity contribution in [3.8, 4) is 11.1 Å². The number of rotatable bonds is 3. The summed E-state index contributed by atoms with van der Waals surface area (Å²) < 4.78 is 0. The van der Waals surface area contributed by atoms with Gasteiger partial charge in [0.1, 0.15) is 0 Å². The molecule has 0 saturated heterocycles. The van der Waals surface area contributed by atoms with Gasteiger partial charge in [0, 0.05) is 0 Å². The predicted octanol–water partition coefficient (Wildman–Crippen LogP) is 2.54. The first kappa shape index (κ1) is 11.4. The molecule has 3 heteroatoms. The quantitative estimate of drug-likeness (QED) is 0.848. The molecule has 2 N–H and O–H groups in total. The van der Waals surface area contributed by atoms with Gasteiger partial charge in [0.05, 0.1) is 12.2 Å². The summed E-state index contributed by atoms with van der Waals surface area (Å²) in [6.45, 7) is -0.267. The van der Waals surface area contributed by atoms with Gasteiger partial charge in [-0.25, -0.2) is 4.79 Å². The van der Waals surface area contributed by atoms with Crippen LogP contribution in [0.5, 0.6) is 0 Å². The Kier molecular flexibility index (Phi) is 3.21. The van der Waals surface area contributed by atoms with E-state index in [0.717, 1.165) is 11.1 Å². The van der Waals surface area contributed by atoms with Crippen LogP contribution in [0.4, 0.5) is 0 Å². The maximum atomic E-state index is 11.1. The highest BCUT2D eigenvalue weighted by Crippen LogP contribution is 2.22. The van der Waals surface area contributed by atoms with Crippen LogP contribution < -0.4 is 0 Å². The molecule has 17 heavy (non-hydrogen) atoms. The lowest BCUT2D eigenvalue weighted by molar-refractivity contribution is 0.0693. The van der Waals surface area contributed by atoms with E-state index in [1.807, 2.05) is 36.4 Å². The van der Waals surface area contributed by atoms with Crippen molar-refractivity contribution in [3.63, 3.8) is 0 Å². The zero-order valence-electron chi connectivity index (χ0n) is 9.13. The third kappa shape index (κ3) is 2.34. The summed E-state index contributed by atoms with van der Waals surface area (Å²) in [5.74, 6) is -1.02. The molecule has 0 spiro atoms. The molecular formula is C14H12O3. The van der Waals surface area contributed by atoms with Crippen molar-refractivity contribution in [3.05, 3.63) is 59.7 Å². The summed E-state index contributed by atoms with van der Waals surface area (Å²) in [5.41, 5.74) is 2.37. The minimum atomic E-state index is -1.02. The lowest BCUT2D eigenvalue weighted by atomic mass is 9.99. The van der Waals surface area contributed by atoms with Crippen molar-refractivity contribution in [2.75, 3.05) is 0 Å². The van der Waals surface area contributed by atoms with Crippen LogP contribution >= 0.6 is 0 Å². The van der Waals surface area contributed by atoms with Crippen molar-refractivity contribution in [1.82, 2.24) is 0 Å². The molecule has 0 heterocycles. The van der Waals surface area contributed by atoms with Crippen molar-refractivity contribution < 1.29 is 15.0 Å². The van der Waals surface area contributed by atoms with Crippen LogP contribution in [0.3, 0.4) is 0 Å². The number of carbonyl (C=O) groups is 1. The molecule has 2 rings (SSSR count). The number of hydrogen-bond acceptors (Lipinski definition) is 2. The first-order chi connectivity index (χ1) is 8.22. The number of hydrogen-bond donors (Lipinski definition) is 2. The van der Waals surface area contributed by atoms with E-state index in [1.54, 1.807) is 12.1 Å². The molecule has 0 bridgehead atoms. The van der Waals surface area contributed by atoms with Gasteiger partial charge in [-0.15, -0.1) is 0 Å². The second kappa shape index (κ2) is 4.80. The van der Waals surface area contributed by atoms with Crippen LogP contribution in [-0.2, 0) is 6.61 Å². The molecule has 0 fully saturated rings.